The molecule has 0 atom stereocenters. The van der Waals surface area contributed by atoms with Gasteiger partial charge >= 0.3 is 0 Å². The molecule has 11 aromatic rings. The standard InChI is InChI=1S/C72H64N4O/c1-70(2,3)51-37-54-43-56(38-51)77-55-32-33-59-61-36-48(46-21-12-10-13-22-46)31-34-64(61)76(67(59)44-55)68-42-53(72(7,8)9)41-63(73-68)50-26-20-25-49(35-50)57-27-16-17-28-58(57)62-40-52(71(4,5)6)39-60(47-23-14-11-15-24-47)69(62)75-45-74(54)65-29-18-19-30-66(65)75/h10-44H,45H2,1-9H3/i10D,12D,13D,21D,22D. The van der Waals surface area contributed by atoms with Crippen LogP contribution < -0.4 is 14.5 Å². The van der Waals surface area contributed by atoms with Gasteiger partial charge in [0.25, 0.3) is 0 Å². The Hall–Kier alpha value is -8.67. The maximum absolute atomic E-state index is 8.95. The predicted molar refractivity (Wildman–Crippen MR) is 324 cm³/mol. The zero-order chi connectivity index (χ0) is 57.3. The normalized spacial score (nSPS) is 14.2. The van der Waals surface area contributed by atoms with E-state index in [0.29, 0.717) is 29.5 Å². The lowest BCUT2D eigenvalue weighted by Gasteiger charge is -2.31. The number of pyridine rings is 1. The van der Waals surface area contributed by atoms with Crippen LogP contribution in [0.4, 0.5) is 22.7 Å². The molecular formula is C72H64N4O. The summed E-state index contributed by atoms with van der Waals surface area (Å²) in [6, 6.07) is 63.4. The van der Waals surface area contributed by atoms with Gasteiger partial charge in [-0.2, -0.15) is 0 Å². The number of para-hydroxylation sites is 2. The van der Waals surface area contributed by atoms with E-state index in [9.17, 15) is 0 Å². The summed E-state index contributed by atoms with van der Waals surface area (Å²) in [7, 11) is 0. The molecule has 0 aliphatic carbocycles. The van der Waals surface area contributed by atoms with Gasteiger partial charge in [-0.1, -0.05) is 184 Å². The highest BCUT2D eigenvalue weighted by Gasteiger charge is 2.34. The maximum Gasteiger partial charge on any atom is 0.138 e. The molecule has 0 fully saturated rings. The summed E-state index contributed by atoms with van der Waals surface area (Å²) >= 11 is 0. The third kappa shape index (κ3) is 8.55. The van der Waals surface area contributed by atoms with Crippen molar-refractivity contribution in [3.8, 4) is 73.1 Å². The van der Waals surface area contributed by atoms with Crippen LogP contribution in [0.1, 0.15) is 85.9 Å². The van der Waals surface area contributed by atoms with E-state index >= 15 is 0 Å². The van der Waals surface area contributed by atoms with Crippen LogP contribution in [-0.4, -0.2) is 16.2 Å². The van der Waals surface area contributed by atoms with Crippen molar-refractivity contribution < 1.29 is 11.6 Å². The van der Waals surface area contributed by atoms with E-state index in [0.717, 1.165) is 100 Å². The van der Waals surface area contributed by atoms with Crippen molar-refractivity contribution in [3.05, 3.63) is 229 Å². The van der Waals surface area contributed by atoms with E-state index in [1.54, 1.807) is 0 Å². The Morgan fingerprint density at radius 2 is 1.08 bits per heavy atom. The number of hydrogen-bond donors (Lipinski definition) is 0. The van der Waals surface area contributed by atoms with Crippen molar-refractivity contribution in [1.82, 2.24) is 9.55 Å². The second-order valence-electron chi connectivity index (χ2n) is 23.8. The highest BCUT2D eigenvalue weighted by molar-refractivity contribution is 6.11. The number of nitrogens with zero attached hydrogens (tertiary/aromatic N) is 4. The van der Waals surface area contributed by atoms with Crippen LogP contribution in [0.25, 0.3) is 83.4 Å². The van der Waals surface area contributed by atoms with Crippen molar-refractivity contribution in [2.24, 2.45) is 0 Å². The minimum absolute atomic E-state index is 0.151. The molecule has 5 nitrogen and oxygen atoms in total. The summed E-state index contributed by atoms with van der Waals surface area (Å²) in [5, 5.41) is 1.73. The fourth-order valence-electron chi connectivity index (χ4n) is 11.3. The van der Waals surface area contributed by atoms with Crippen molar-refractivity contribution >= 4 is 44.6 Å². The summed E-state index contributed by atoms with van der Waals surface area (Å²) in [6.45, 7) is 20.8. The Morgan fingerprint density at radius 1 is 0.429 bits per heavy atom. The molecule has 4 heterocycles. The van der Waals surface area contributed by atoms with E-state index in [1.165, 1.54) is 5.56 Å². The predicted octanol–water partition coefficient (Wildman–Crippen LogP) is 19.8. The molecule has 0 unspecified atom stereocenters. The van der Waals surface area contributed by atoms with Crippen LogP contribution in [-0.2, 0) is 16.2 Å². The molecule has 10 bridgehead atoms. The highest BCUT2D eigenvalue weighted by Crippen LogP contribution is 2.53. The number of ether oxygens (including phenoxy) is 1. The average Bonchev–Trinajstić information content (AvgIpc) is 3.71. The molecule has 0 spiro atoms. The molecule has 9 aromatic carbocycles. The molecule has 378 valence electrons. The third-order valence-corrected chi connectivity index (χ3v) is 15.5. The zero-order valence-corrected chi connectivity index (χ0v) is 45.2. The van der Waals surface area contributed by atoms with Gasteiger partial charge in [0.05, 0.1) is 40.6 Å². The number of fused-ring (bicyclic) bond motifs is 23. The van der Waals surface area contributed by atoms with Crippen molar-refractivity contribution in [3.63, 3.8) is 0 Å². The SMILES string of the molecule is [2H]c1c([2H])c([2H])c(-c2ccc3c(c2)c2ccc4cc2n3-c2cc(C(C)(C)C)cc(n2)-c2cccc(c2)-c2ccccc2-c2cc(C(C)(C)C)cc(-c3ccccc3)c2N2CN(c3cc(cc(C(C)(C)C)c3)O4)c3ccccc32)c([2H])c1[2H]. The van der Waals surface area contributed by atoms with Crippen LogP contribution in [0.5, 0.6) is 11.5 Å². The van der Waals surface area contributed by atoms with Gasteiger partial charge in [0.2, 0.25) is 0 Å². The van der Waals surface area contributed by atoms with E-state index in [2.05, 4.69) is 234 Å². The van der Waals surface area contributed by atoms with Gasteiger partial charge in [0.1, 0.15) is 24.0 Å². The molecule has 0 saturated heterocycles. The van der Waals surface area contributed by atoms with Crippen molar-refractivity contribution in [2.75, 3.05) is 16.5 Å². The fourth-order valence-corrected chi connectivity index (χ4v) is 11.3. The van der Waals surface area contributed by atoms with E-state index < -0.39 is 6.04 Å². The summed E-state index contributed by atoms with van der Waals surface area (Å²) in [5.74, 6) is 2.03. The number of aromatic nitrogens is 2. The second kappa shape index (κ2) is 18.0. The first-order chi connectivity index (χ1) is 39.1. The number of anilines is 4. The summed E-state index contributed by atoms with van der Waals surface area (Å²) in [4.78, 5) is 10.6. The van der Waals surface area contributed by atoms with E-state index in [-0.39, 0.29) is 46.0 Å². The van der Waals surface area contributed by atoms with Crippen LogP contribution in [0.2, 0.25) is 0 Å². The van der Waals surface area contributed by atoms with E-state index in [1.807, 2.05) is 24.3 Å². The molecule has 13 rings (SSSR count). The molecule has 2 aliphatic rings. The lowest BCUT2D eigenvalue weighted by Crippen LogP contribution is -2.26. The molecule has 5 heteroatoms. The smallest absolute Gasteiger partial charge is 0.138 e. The Kier molecular flexibility index (Phi) is 9.94. The minimum Gasteiger partial charge on any atom is -0.457 e. The van der Waals surface area contributed by atoms with Gasteiger partial charge in [-0.25, -0.2) is 4.98 Å². The number of benzene rings is 9. The van der Waals surface area contributed by atoms with Gasteiger partial charge in [-0.15, -0.1) is 0 Å². The lowest BCUT2D eigenvalue weighted by molar-refractivity contribution is 0.479. The molecule has 0 amide bonds. The minimum atomic E-state index is -0.424. The van der Waals surface area contributed by atoms with Crippen LogP contribution in [0, 0.1) is 0 Å². The average molecular weight is 1010 g/mol. The Balaban J connectivity index is 1.13. The number of hydrogen-bond acceptors (Lipinski definition) is 4. The van der Waals surface area contributed by atoms with Gasteiger partial charge in [0, 0.05) is 45.3 Å². The fraction of sp³-hybridized carbons (Fsp3) is 0.181. The molecule has 2 aliphatic heterocycles. The molecular weight excluding hydrogens is 937 g/mol. The van der Waals surface area contributed by atoms with Gasteiger partial charge < -0.3 is 14.5 Å². The monoisotopic (exact) mass is 1010 g/mol. The first-order valence-corrected chi connectivity index (χ1v) is 26.7. The maximum atomic E-state index is 8.95. The Morgan fingerprint density at radius 3 is 1.83 bits per heavy atom. The molecule has 2 aromatic heterocycles. The summed E-state index contributed by atoms with van der Waals surface area (Å²) < 4.78 is 52.7. The molecule has 77 heavy (non-hydrogen) atoms. The summed E-state index contributed by atoms with van der Waals surface area (Å²) in [5.41, 5.74) is 17.9. The lowest BCUT2D eigenvalue weighted by atomic mass is 9.81. The Bertz CT molecular complexity index is 4400. The van der Waals surface area contributed by atoms with Crippen LogP contribution in [0.3, 0.4) is 0 Å². The summed E-state index contributed by atoms with van der Waals surface area (Å²) in [6.07, 6.45) is 0. The molecule has 0 radical (unpaired) electrons. The highest BCUT2D eigenvalue weighted by atomic mass is 16.5. The van der Waals surface area contributed by atoms with Crippen LogP contribution in [0.15, 0.2) is 212 Å². The third-order valence-electron chi connectivity index (χ3n) is 15.5. The van der Waals surface area contributed by atoms with Gasteiger partial charge in [-0.3, -0.25) is 4.57 Å². The Labute approximate surface area is 460 Å². The van der Waals surface area contributed by atoms with Gasteiger partial charge in [-0.05, 0) is 145 Å². The largest absolute Gasteiger partial charge is 0.457 e. The molecule has 0 N–H and O–H groups in total. The van der Waals surface area contributed by atoms with Crippen molar-refractivity contribution in [1.29, 1.82) is 0 Å². The molecule has 0 saturated carbocycles. The first kappa shape index (κ1) is 42.5. The van der Waals surface area contributed by atoms with Crippen molar-refractivity contribution in [2.45, 2.75) is 78.6 Å². The van der Waals surface area contributed by atoms with E-state index in [4.69, 9.17) is 16.6 Å². The zero-order valence-electron chi connectivity index (χ0n) is 50.2. The van der Waals surface area contributed by atoms with Crippen LogP contribution >= 0.6 is 0 Å². The number of rotatable bonds is 2. The first-order valence-electron chi connectivity index (χ1n) is 29.2. The second-order valence-corrected chi connectivity index (χ2v) is 23.8. The quantitative estimate of drug-likeness (QED) is 0.173. The van der Waals surface area contributed by atoms with Gasteiger partial charge in [0.15, 0.2) is 0 Å². The topological polar surface area (TPSA) is 33.5 Å².